The molecule has 0 aliphatic carbocycles. The first-order valence-electron chi connectivity index (χ1n) is 14.2. The Labute approximate surface area is 254 Å². The van der Waals surface area contributed by atoms with Crippen molar-refractivity contribution in [2.24, 2.45) is 0 Å². The van der Waals surface area contributed by atoms with Gasteiger partial charge in [0.05, 0.1) is 11.7 Å². The molecule has 3 aromatic carbocycles. The Kier molecular flexibility index (Phi) is 9.78. The zero-order valence-corrected chi connectivity index (χ0v) is 25.2. The summed E-state index contributed by atoms with van der Waals surface area (Å²) >= 11 is 0. The fraction of sp³-hybridized carbons (Fsp3) is 0.303. The minimum Gasteiger partial charge on any atom is -0.444 e. The van der Waals surface area contributed by atoms with E-state index < -0.39 is 29.5 Å². The number of alkyl halides is 3. The van der Waals surface area contributed by atoms with Crippen LogP contribution < -0.4 is 16.0 Å². The lowest BCUT2D eigenvalue weighted by molar-refractivity contribution is -0.141. The van der Waals surface area contributed by atoms with Gasteiger partial charge in [-0.15, -0.1) is 0 Å². The fourth-order valence-corrected chi connectivity index (χ4v) is 4.52. The molecule has 8 nitrogen and oxygen atoms in total. The van der Waals surface area contributed by atoms with Gasteiger partial charge in [-0.25, -0.2) is 9.48 Å². The summed E-state index contributed by atoms with van der Waals surface area (Å²) in [5, 5.41) is 12.6. The molecule has 0 bridgehead atoms. The van der Waals surface area contributed by atoms with Gasteiger partial charge >= 0.3 is 12.3 Å². The minimum atomic E-state index is -4.78. The highest BCUT2D eigenvalue weighted by Crippen LogP contribution is 2.31. The number of hydrogen-bond acceptors (Lipinski definition) is 5. The molecule has 44 heavy (non-hydrogen) atoms. The lowest BCUT2D eigenvalue weighted by Gasteiger charge is -2.23. The minimum absolute atomic E-state index is 0.0530. The van der Waals surface area contributed by atoms with Crippen LogP contribution in [0.5, 0.6) is 0 Å². The highest BCUT2D eigenvalue weighted by molar-refractivity contribution is 6.03. The molecule has 4 rings (SSSR count). The maximum atomic E-state index is 13.7. The van der Waals surface area contributed by atoms with Gasteiger partial charge in [0.1, 0.15) is 11.3 Å². The van der Waals surface area contributed by atoms with E-state index in [9.17, 15) is 22.8 Å². The fourth-order valence-electron chi connectivity index (χ4n) is 4.52. The van der Waals surface area contributed by atoms with Crippen LogP contribution in [0, 0.1) is 0 Å². The van der Waals surface area contributed by atoms with Crippen LogP contribution in [-0.2, 0) is 17.5 Å². The van der Waals surface area contributed by atoms with Crippen LogP contribution >= 0.6 is 0 Å². The second kappa shape index (κ2) is 13.3. The number of nitrogens with one attached hydrogen (secondary N) is 3. The molecule has 4 aromatic rings. The Balaban J connectivity index is 1.62. The van der Waals surface area contributed by atoms with Crippen molar-refractivity contribution in [2.45, 2.75) is 65.0 Å². The standard InChI is InChI=1S/C33H36F3N5O3/c1-21(2)38-29(23-12-7-6-8-13-23)24-14-10-15-25(18-24)39-30(42)27-19-28(33(34,35)36)40-41(27)26-16-9-11-22(17-26)20-37-31(43)44-32(3,4)5/h6-19,21,29,38H,20H2,1-5H3,(H,37,43)(H,39,42). The van der Waals surface area contributed by atoms with Crippen molar-refractivity contribution < 1.29 is 27.5 Å². The van der Waals surface area contributed by atoms with E-state index >= 15 is 0 Å². The average Bonchev–Trinajstić information content (AvgIpc) is 3.42. The van der Waals surface area contributed by atoms with E-state index in [1.165, 1.54) is 6.07 Å². The predicted octanol–water partition coefficient (Wildman–Crippen LogP) is 7.26. The van der Waals surface area contributed by atoms with Crippen LogP contribution in [0.2, 0.25) is 0 Å². The summed E-state index contributed by atoms with van der Waals surface area (Å²) in [6.07, 6.45) is -5.41. The van der Waals surface area contributed by atoms with E-state index in [2.05, 4.69) is 21.0 Å². The number of aromatic nitrogens is 2. The van der Waals surface area contributed by atoms with Gasteiger partial charge in [0.15, 0.2) is 5.69 Å². The van der Waals surface area contributed by atoms with Crippen molar-refractivity contribution in [3.8, 4) is 5.69 Å². The average molecular weight is 608 g/mol. The number of nitrogens with zero attached hydrogens (tertiary/aromatic N) is 2. The molecule has 1 unspecified atom stereocenters. The normalized spacial score (nSPS) is 12.6. The summed E-state index contributed by atoms with van der Waals surface area (Å²) in [5.74, 6) is -0.768. The molecule has 0 radical (unpaired) electrons. The van der Waals surface area contributed by atoms with Crippen LogP contribution in [0.25, 0.3) is 5.69 Å². The molecule has 0 aliphatic rings. The predicted molar refractivity (Wildman–Crippen MR) is 163 cm³/mol. The zero-order valence-electron chi connectivity index (χ0n) is 25.2. The van der Waals surface area contributed by atoms with E-state index in [0.717, 1.165) is 21.9 Å². The topological polar surface area (TPSA) is 97.3 Å². The van der Waals surface area contributed by atoms with Gasteiger partial charge in [-0.1, -0.05) is 54.6 Å². The largest absolute Gasteiger partial charge is 0.444 e. The number of hydrogen-bond donors (Lipinski definition) is 3. The third-order valence-corrected chi connectivity index (χ3v) is 6.33. The number of carbonyl (C=O) groups excluding carboxylic acids is 2. The number of rotatable bonds is 9. The number of ether oxygens (including phenoxy) is 1. The van der Waals surface area contributed by atoms with Crippen LogP contribution in [-0.4, -0.2) is 33.4 Å². The smallest absolute Gasteiger partial charge is 0.435 e. The van der Waals surface area contributed by atoms with E-state index in [1.807, 2.05) is 50.2 Å². The third-order valence-electron chi connectivity index (χ3n) is 6.33. The molecule has 0 saturated heterocycles. The molecule has 0 aliphatic heterocycles. The van der Waals surface area contributed by atoms with Crippen LogP contribution in [0.3, 0.4) is 0 Å². The number of anilines is 1. The molecule has 1 atom stereocenters. The van der Waals surface area contributed by atoms with Gasteiger partial charge in [-0.2, -0.15) is 18.3 Å². The molecular weight excluding hydrogens is 571 g/mol. The number of benzene rings is 3. The van der Waals surface area contributed by atoms with Crippen molar-refractivity contribution in [1.82, 2.24) is 20.4 Å². The number of amides is 2. The van der Waals surface area contributed by atoms with Gasteiger partial charge in [-0.3, -0.25) is 4.79 Å². The maximum absolute atomic E-state index is 13.7. The summed E-state index contributed by atoms with van der Waals surface area (Å²) in [6, 6.07) is 24.1. The molecule has 0 fully saturated rings. The number of alkyl carbamates (subject to hydrolysis) is 1. The number of halogens is 3. The van der Waals surface area contributed by atoms with Crippen molar-refractivity contribution in [2.75, 3.05) is 5.32 Å². The lowest BCUT2D eigenvalue weighted by Crippen LogP contribution is -2.32. The number of carbonyl (C=O) groups is 2. The molecule has 11 heteroatoms. The van der Waals surface area contributed by atoms with Crippen molar-refractivity contribution in [3.63, 3.8) is 0 Å². The van der Waals surface area contributed by atoms with Gasteiger partial charge in [0.2, 0.25) is 0 Å². The lowest BCUT2D eigenvalue weighted by atomic mass is 9.97. The molecule has 0 spiro atoms. The molecule has 1 aromatic heterocycles. The summed E-state index contributed by atoms with van der Waals surface area (Å²) in [7, 11) is 0. The van der Waals surface area contributed by atoms with Crippen molar-refractivity contribution in [3.05, 3.63) is 113 Å². The summed E-state index contributed by atoms with van der Waals surface area (Å²) in [5.41, 5.74) is 0.893. The maximum Gasteiger partial charge on any atom is 0.435 e. The summed E-state index contributed by atoms with van der Waals surface area (Å²) in [6.45, 7) is 9.31. The van der Waals surface area contributed by atoms with Crippen LogP contribution in [0.15, 0.2) is 84.9 Å². The monoisotopic (exact) mass is 607 g/mol. The molecular formula is C33H36F3N5O3. The Bertz CT molecular complexity index is 1590. The Hall–Kier alpha value is -4.64. The molecule has 0 saturated carbocycles. The second-order valence-electron chi connectivity index (χ2n) is 11.6. The first kappa shape index (κ1) is 32.3. The van der Waals surface area contributed by atoms with Crippen molar-refractivity contribution >= 4 is 17.7 Å². The van der Waals surface area contributed by atoms with Gasteiger partial charge in [-0.05, 0) is 75.6 Å². The van der Waals surface area contributed by atoms with E-state index in [1.54, 1.807) is 57.2 Å². The molecule has 3 N–H and O–H groups in total. The summed E-state index contributed by atoms with van der Waals surface area (Å²) in [4.78, 5) is 25.6. The van der Waals surface area contributed by atoms with Crippen molar-refractivity contribution in [1.29, 1.82) is 0 Å². The molecule has 232 valence electrons. The van der Waals surface area contributed by atoms with E-state index in [0.29, 0.717) is 11.3 Å². The Morgan fingerprint density at radius 2 is 1.57 bits per heavy atom. The first-order chi connectivity index (χ1) is 20.7. The molecule has 1 heterocycles. The SMILES string of the molecule is CC(C)NC(c1ccccc1)c1cccc(NC(=O)c2cc(C(F)(F)F)nn2-c2cccc(CNC(=O)OC(C)(C)C)c2)c1. The first-order valence-corrected chi connectivity index (χ1v) is 14.2. The van der Waals surface area contributed by atoms with Crippen LogP contribution in [0.4, 0.5) is 23.7 Å². The Morgan fingerprint density at radius 3 is 2.23 bits per heavy atom. The van der Waals surface area contributed by atoms with Crippen LogP contribution in [0.1, 0.15) is 73.5 Å². The molecule has 2 amide bonds. The summed E-state index contributed by atoms with van der Waals surface area (Å²) < 4.78 is 47.4. The zero-order chi connectivity index (χ0) is 32.1. The van der Waals surface area contributed by atoms with Gasteiger partial charge in [0, 0.05) is 24.3 Å². The van der Waals surface area contributed by atoms with Gasteiger partial charge in [0.25, 0.3) is 5.91 Å². The quantitative estimate of drug-likeness (QED) is 0.186. The van der Waals surface area contributed by atoms with Gasteiger partial charge < -0.3 is 20.7 Å². The highest BCUT2D eigenvalue weighted by Gasteiger charge is 2.36. The van der Waals surface area contributed by atoms with E-state index in [-0.39, 0.29) is 30.0 Å². The Morgan fingerprint density at radius 1 is 0.886 bits per heavy atom. The third kappa shape index (κ3) is 8.70. The van der Waals surface area contributed by atoms with E-state index in [4.69, 9.17) is 4.74 Å². The second-order valence-corrected chi connectivity index (χ2v) is 11.6. The highest BCUT2D eigenvalue weighted by atomic mass is 19.4.